The molecule has 4 N–H and O–H groups in total. The van der Waals surface area contributed by atoms with Gasteiger partial charge in [-0.15, -0.1) is 0 Å². The van der Waals surface area contributed by atoms with Crippen molar-refractivity contribution in [2.75, 3.05) is 10.6 Å². The molecular formula is C26H19N3O3. The molecule has 3 aromatic carbocycles. The highest BCUT2D eigenvalue weighted by molar-refractivity contribution is 6.36. The zero-order valence-corrected chi connectivity index (χ0v) is 16.9. The number of fused-ring (bicyclic) bond motifs is 1. The van der Waals surface area contributed by atoms with Crippen LogP contribution in [0.4, 0.5) is 11.4 Å². The molecule has 5 rings (SSSR count). The number of aromatic nitrogens is 1. The number of anilines is 2. The van der Waals surface area contributed by atoms with Gasteiger partial charge < -0.3 is 20.7 Å². The van der Waals surface area contributed by atoms with E-state index >= 15 is 0 Å². The van der Waals surface area contributed by atoms with Gasteiger partial charge in [-0.05, 0) is 71.8 Å². The average molecular weight is 421 g/mol. The maximum Gasteiger partial charge on any atom is 0.256 e. The van der Waals surface area contributed by atoms with Gasteiger partial charge in [-0.3, -0.25) is 9.59 Å². The van der Waals surface area contributed by atoms with Gasteiger partial charge in [0.2, 0.25) is 0 Å². The molecule has 32 heavy (non-hydrogen) atoms. The molecule has 1 aromatic heterocycles. The summed E-state index contributed by atoms with van der Waals surface area (Å²) in [5.41, 5.74) is 5.84. The number of rotatable bonds is 4. The van der Waals surface area contributed by atoms with Crippen molar-refractivity contribution >= 4 is 34.8 Å². The van der Waals surface area contributed by atoms with Crippen LogP contribution in [0.5, 0.6) is 5.75 Å². The van der Waals surface area contributed by atoms with Gasteiger partial charge in [0, 0.05) is 34.4 Å². The van der Waals surface area contributed by atoms with Crippen molar-refractivity contribution in [1.82, 2.24) is 4.98 Å². The van der Waals surface area contributed by atoms with Gasteiger partial charge in [-0.25, -0.2) is 0 Å². The van der Waals surface area contributed by atoms with Crippen LogP contribution in [-0.4, -0.2) is 21.9 Å². The summed E-state index contributed by atoms with van der Waals surface area (Å²) in [6.45, 7) is 0. The zero-order valence-electron chi connectivity index (χ0n) is 16.9. The van der Waals surface area contributed by atoms with Crippen molar-refractivity contribution in [3.8, 4) is 16.9 Å². The third-order valence-corrected chi connectivity index (χ3v) is 5.31. The maximum atomic E-state index is 12.7. The number of carbonyl (C=O) groups is 2. The predicted octanol–water partition coefficient (Wildman–Crippen LogP) is 5.13. The van der Waals surface area contributed by atoms with Crippen LogP contribution in [0.1, 0.15) is 21.6 Å². The normalized spacial score (nSPS) is 13.6. The Morgan fingerprint density at radius 1 is 0.938 bits per heavy atom. The topological polar surface area (TPSA) is 94.2 Å². The number of benzene rings is 3. The van der Waals surface area contributed by atoms with Crippen LogP contribution in [0.25, 0.3) is 22.8 Å². The van der Waals surface area contributed by atoms with E-state index in [4.69, 9.17) is 0 Å². The minimum absolute atomic E-state index is 0.104. The van der Waals surface area contributed by atoms with Gasteiger partial charge in [0.25, 0.3) is 11.8 Å². The summed E-state index contributed by atoms with van der Waals surface area (Å²) in [4.78, 5) is 28.3. The summed E-state index contributed by atoms with van der Waals surface area (Å²) in [5.74, 6) is -0.323. The van der Waals surface area contributed by atoms with Crippen LogP contribution in [0.2, 0.25) is 0 Å². The number of phenolic OH excluding ortho intramolecular Hbond substituents is 1. The highest BCUT2D eigenvalue weighted by atomic mass is 16.3. The average Bonchev–Trinajstić information content (AvgIpc) is 3.42. The number of aromatic hydroxyl groups is 1. The Kier molecular flexibility index (Phi) is 4.80. The van der Waals surface area contributed by atoms with E-state index in [0.717, 1.165) is 28.1 Å². The van der Waals surface area contributed by atoms with Crippen molar-refractivity contribution in [3.63, 3.8) is 0 Å². The van der Waals surface area contributed by atoms with Gasteiger partial charge in [0.15, 0.2) is 0 Å². The number of nitrogens with one attached hydrogen (secondary N) is 3. The number of aromatic amines is 1. The van der Waals surface area contributed by atoms with Crippen LogP contribution in [0, 0.1) is 0 Å². The molecule has 0 atom stereocenters. The van der Waals surface area contributed by atoms with Crippen LogP contribution in [0.3, 0.4) is 0 Å². The molecule has 4 aromatic rings. The second-order valence-electron chi connectivity index (χ2n) is 7.45. The molecule has 156 valence electrons. The molecule has 2 amide bonds. The predicted molar refractivity (Wildman–Crippen MR) is 125 cm³/mol. The number of carbonyl (C=O) groups excluding carboxylic acids is 2. The molecular weight excluding hydrogens is 402 g/mol. The Bertz CT molecular complexity index is 1350. The van der Waals surface area contributed by atoms with Crippen molar-refractivity contribution in [1.29, 1.82) is 0 Å². The Labute approximate surface area is 184 Å². The summed E-state index contributed by atoms with van der Waals surface area (Å²) in [7, 11) is 0. The molecule has 6 heteroatoms. The zero-order chi connectivity index (χ0) is 22.1. The van der Waals surface area contributed by atoms with Crippen LogP contribution in [-0.2, 0) is 4.79 Å². The first-order chi connectivity index (χ1) is 15.6. The second-order valence-corrected chi connectivity index (χ2v) is 7.45. The van der Waals surface area contributed by atoms with E-state index in [1.54, 1.807) is 12.1 Å². The van der Waals surface area contributed by atoms with E-state index in [1.807, 2.05) is 66.9 Å². The first-order valence-electron chi connectivity index (χ1n) is 10.1. The van der Waals surface area contributed by atoms with Gasteiger partial charge in [0.1, 0.15) is 5.75 Å². The molecule has 6 nitrogen and oxygen atoms in total. The van der Waals surface area contributed by atoms with Gasteiger partial charge in [-0.1, -0.05) is 24.3 Å². The van der Waals surface area contributed by atoms with Gasteiger partial charge in [-0.2, -0.15) is 0 Å². The highest BCUT2D eigenvalue weighted by Gasteiger charge is 2.27. The molecule has 0 unspecified atom stereocenters. The lowest BCUT2D eigenvalue weighted by Crippen LogP contribution is -2.11. The SMILES string of the molecule is O=C1Nc2cccc(-c3cccc(NC(=O)c4ccc(O)cc4)c3)c2C1=Cc1ccc[nH]1. The fraction of sp³-hybridized carbons (Fsp3) is 0. The molecule has 0 fully saturated rings. The van der Waals surface area contributed by atoms with Crippen molar-refractivity contribution in [2.45, 2.75) is 0 Å². The van der Waals surface area contributed by atoms with E-state index in [9.17, 15) is 14.7 Å². The molecule has 1 aliphatic heterocycles. The van der Waals surface area contributed by atoms with Crippen LogP contribution >= 0.6 is 0 Å². The first-order valence-corrected chi connectivity index (χ1v) is 10.1. The minimum Gasteiger partial charge on any atom is -0.508 e. The lowest BCUT2D eigenvalue weighted by atomic mass is 9.94. The summed E-state index contributed by atoms with van der Waals surface area (Å²) < 4.78 is 0. The Hall–Kier alpha value is -4.58. The lowest BCUT2D eigenvalue weighted by molar-refractivity contribution is -0.110. The lowest BCUT2D eigenvalue weighted by Gasteiger charge is -2.11. The third kappa shape index (κ3) is 3.65. The monoisotopic (exact) mass is 421 g/mol. The van der Waals surface area contributed by atoms with Crippen molar-refractivity contribution in [3.05, 3.63) is 102 Å². The van der Waals surface area contributed by atoms with Gasteiger partial charge in [0.05, 0.1) is 5.57 Å². The van der Waals surface area contributed by atoms with Crippen molar-refractivity contribution in [2.24, 2.45) is 0 Å². The molecule has 0 aliphatic carbocycles. The Balaban J connectivity index is 1.51. The molecule has 0 saturated heterocycles. The highest BCUT2D eigenvalue weighted by Crippen LogP contribution is 2.40. The molecule has 0 radical (unpaired) electrons. The number of amides is 2. The fourth-order valence-electron chi connectivity index (χ4n) is 3.80. The van der Waals surface area contributed by atoms with E-state index in [1.165, 1.54) is 12.1 Å². The van der Waals surface area contributed by atoms with Crippen LogP contribution < -0.4 is 10.6 Å². The molecule has 0 saturated carbocycles. The van der Waals surface area contributed by atoms with E-state index in [0.29, 0.717) is 16.8 Å². The molecule has 0 spiro atoms. The number of hydrogen-bond acceptors (Lipinski definition) is 3. The molecule has 1 aliphatic rings. The fourth-order valence-corrected chi connectivity index (χ4v) is 3.80. The molecule has 0 bridgehead atoms. The van der Waals surface area contributed by atoms with E-state index in [-0.39, 0.29) is 17.6 Å². The summed E-state index contributed by atoms with van der Waals surface area (Å²) >= 11 is 0. The largest absolute Gasteiger partial charge is 0.508 e. The summed E-state index contributed by atoms with van der Waals surface area (Å²) in [6.07, 6.45) is 3.65. The van der Waals surface area contributed by atoms with Crippen molar-refractivity contribution < 1.29 is 14.7 Å². The Morgan fingerprint density at radius 2 is 1.75 bits per heavy atom. The summed E-state index contributed by atoms with van der Waals surface area (Å²) in [6, 6.07) is 23.1. The molecule has 2 heterocycles. The Morgan fingerprint density at radius 3 is 2.53 bits per heavy atom. The quantitative estimate of drug-likeness (QED) is 0.344. The number of H-pyrrole nitrogens is 1. The minimum atomic E-state index is -0.274. The van der Waals surface area contributed by atoms with Gasteiger partial charge >= 0.3 is 0 Å². The van der Waals surface area contributed by atoms with E-state index < -0.39 is 0 Å². The first kappa shape index (κ1) is 19.4. The maximum absolute atomic E-state index is 12.7. The summed E-state index contributed by atoms with van der Waals surface area (Å²) in [5, 5.41) is 15.2. The smallest absolute Gasteiger partial charge is 0.256 e. The standard InChI is InChI=1S/C26H19N3O3/c30-20-11-9-16(10-12-20)25(31)28-19-5-1-4-17(14-19)21-7-2-8-23-24(21)22(26(32)29-23)15-18-6-3-13-27-18/h1-15,27,30H,(H,28,31)(H,29,32). The number of phenols is 1. The van der Waals surface area contributed by atoms with Crippen LogP contribution in [0.15, 0.2) is 85.1 Å². The third-order valence-electron chi connectivity index (χ3n) is 5.31. The second kappa shape index (κ2) is 7.92. The van der Waals surface area contributed by atoms with E-state index in [2.05, 4.69) is 15.6 Å². The number of hydrogen-bond donors (Lipinski definition) is 4.